The van der Waals surface area contributed by atoms with Gasteiger partial charge >= 0.3 is 0 Å². The second kappa shape index (κ2) is 11.3. The van der Waals surface area contributed by atoms with E-state index in [1.54, 1.807) is 31.3 Å². The van der Waals surface area contributed by atoms with Gasteiger partial charge in [-0.3, -0.25) is 9.59 Å². The monoisotopic (exact) mass is 474 g/mol. The third-order valence-corrected chi connectivity index (χ3v) is 5.50. The van der Waals surface area contributed by atoms with Gasteiger partial charge in [-0.15, -0.1) is 0 Å². The van der Waals surface area contributed by atoms with Crippen molar-refractivity contribution in [2.24, 2.45) is 0 Å². The maximum absolute atomic E-state index is 13.3. The highest BCUT2D eigenvalue weighted by Crippen LogP contribution is 2.26. The van der Waals surface area contributed by atoms with Crippen LogP contribution in [0.5, 0.6) is 5.75 Å². The number of halogens is 1. The molecule has 0 radical (unpaired) electrons. The van der Waals surface area contributed by atoms with Gasteiger partial charge in [0.25, 0.3) is 5.91 Å². The number of carbonyl (C=O) groups excluding carboxylic acids is 1. The molecule has 176 valence electrons. The first-order chi connectivity index (χ1) is 15.9. The summed E-state index contributed by atoms with van der Waals surface area (Å²) in [6.07, 6.45) is 1.45. The number of aliphatic hydroxyl groups excluding tert-OH is 3. The Kier molecular flexibility index (Phi) is 8.46. The van der Waals surface area contributed by atoms with Crippen molar-refractivity contribution in [1.82, 2.24) is 9.88 Å². The molecule has 0 spiro atoms. The molecule has 0 aliphatic carbocycles. The Labute approximate surface area is 196 Å². The van der Waals surface area contributed by atoms with Crippen molar-refractivity contribution >= 4 is 28.4 Å². The third-order valence-electron chi connectivity index (χ3n) is 5.25. The van der Waals surface area contributed by atoms with E-state index in [0.717, 1.165) is 11.1 Å². The summed E-state index contributed by atoms with van der Waals surface area (Å²) in [6.45, 7) is -0.536. The van der Waals surface area contributed by atoms with Gasteiger partial charge in [-0.1, -0.05) is 23.7 Å². The molecule has 9 heteroatoms. The highest BCUT2D eigenvalue weighted by molar-refractivity contribution is 6.30. The fourth-order valence-corrected chi connectivity index (χ4v) is 3.61. The molecular formula is C24H27ClN2O6. The van der Waals surface area contributed by atoms with Gasteiger partial charge in [-0.05, 0) is 48.2 Å². The number of carbonyl (C=O) groups is 1. The zero-order chi connectivity index (χ0) is 24.0. The number of H-pyrrole nitrogens is 1. The number of ether oxygens (including phenoxy) is 1. The molecule has 8 nitrogen and oxygen atoms in total. The van der Waals surface area contributed by atoms with Crippen molar-refractivity contribution < 1.29 is 24.9 Å². The van der Waals surface area contributed by atoms with E-state index < -0.39 is 30.7 Å². The molecule has 3 aromatic rings. The number of pyridine rings is 1. The molecule has 0 fully saturated rings. The number of nitrogens with zero attached hydrogens (tertiary/aromatic N) is 1. The van der Waals surface area contributed by atoms with Gasteiger partial charge in [-0.2, -0.15) is 0 Å². The van der Waals surface area contributed by atoms with Crippen molar-refractivity contribution in [3.8, 4) is 5.75 Å². The van der Waals surface area contributed by atoms with E-state index in [9.17, 15) is 24.9 Å². The molecule has 0 aliphatic heterocycles. The molecule has 0 aliphatic rings. The third kappa shape index (κ3) is 5.91. The highest BCUT2D eigenvalue weighted by atomic mass is 35.5. The van der Waals surface area contributed by atoms with Crippen molar-refractivity contribution in [2.45, 2.75) is 25.5 Å². The lowest BCUT2D eigenvalue weighted by Crippen LogP contribution is -2.31. The summed E-state index contributed by atoms with van der Waals surface area (Å²) in [7, 11) is 1.61. The highest BCUT2D eigenvalue weighted by Gasteiger charge is 2.20. The van der Waals surface area contributed by atoms with Gasteiger partial charge < -0.3 is 29.9 Å². The summed E-state index contributed by atoms with van der Waals surface area (Å²) >= 11 is 5.91. The van der Waals surface area contributed by atoms with Crippen LogP contribution in [0.1, 0.15) is 27.9 Å². The molecule has 0 unspecified atom stereocenters. The van der Waals surface area contributed by atoms with Crippen LogP contribution in [0, 0.1) is 0 Å². The maximum Gasteiger partial charge on any atom is 0.259 e. The van der Waals surface area contributed by atoms with E-state index in [2.05, 4.69) is 4.98 Å². The van der Waals surface area contributed by atoms with E-state index in [1.807, 2.05) is 12.1 Å². The number of rotatable bonds is 10. The van der Waals surface area contributed by atoms with E-state index in [4.69, 9.17) is 16.3 Å². The Balaban J connectivity index is 1.99. The lowest BCUT2D eigenvalue weighted by molar-refractivity contribution is 0.0638. The summed E-state index contributed by atoms with van der Waals surface area (Å²) in [5, 5.41) is 28.8. The van der Waals surface area contributed by atoms with Crippen LogP contribution in [-0.2, 0) is 13.0 Å². The number of hydrogen-bond donors (Lipinski definition) is 4. The number of fused-ring (bicyclic) bond motifs is 1. The van der Waals surface area contributed by atoms with Crippen LogP contribution in [0.4, 0.5) is 0 Å². The standard InChI is InChI=1S/C24H27ClN2O6/c1-27(12-15-4-6-17(25)7-5-15)24(32)20-11-26-22-19(23(20)31)9-16(3-2-8-28)10-21(22)33-18(13-29)14-30/h4-7,9-11,18,28-30H,2-3,8,12-14H2,1H3,(H,26,31). The number of amides is 1. The first kappa shape index (κ1) is 24.7. The number of benzene rings is 2. The largest absolute Gasteiger partial charge is 0.483 e. The normalized spacial score (nSPS) is 11.2. The van der Waals surface area contributed by atoms with Gasteiger partial charge in [0.15, 0.2) is 0 Å². The molecule has 0 saturated heterocycles. The molecule has 1 amide bonds. The number of aromatic amines is 1. The first-order valence-corrected chi connectivity index (χ1v) is 10.9. The molecule has 4 N–H and O–H groups in total. The zero-order valence-electron chi connectivity index (χ0n) is 18.3. The van der Waals surface area contributed by atoms with Crippen molar-refractivity contribution in [2.75, 3.05) is 26.9 Å². The van der Waals surface area contributed by atoms with Crippen LogP contribution < -0.4 is 10.2 Å². The maximum atomic E-state index is 13.3. The lowest BCUT2D eigenvalue weighted by Gasteiger charge is -2.19. The van der Waals surface area contributed by atoms with Gasteiger partial charge in [0.05, 0.1) is 24.1 Å². The van der Waals surface area contributed by atoms with Crippen molar-refractivity contribution in [1.29, 1.82) is 0 Å². The van der Waals surface area contributed by atoms with Crippen LogP contribution in [0.2, 0.25) is 5.02 Å². The Morgan fingerprint density at radius 1 is 1.12 bits per heavy atom. The minimum Gasteiger partial charge on any atom is -0.483 e. The Morgan fingerprint density at radius 3 is 2.45 bits per heavy atom. The molecule has 0 saturated carbocycles. The molecule has 1 aromatic heterocycles. The second-order valence-corrected chi connectivity index (χ2v) is 8.20. The lowest BCUT2D eigenvalue weighted by atomic mass is 10.0. The number of hydrogen-bond acceptors (Lipinski definition) is 6. The van der Waals surface area contributed by atoms with Crippen LogP contribution >= 0.6 is 11.6 Å². The van der Waals surface area contributed by atoms with Crippen molar-refractivity contribution in [3.63, 3.8) is 0 Å². The van der Waals surface area contributed by atoms with Crippen LogP contribution in [0.3, 0.4) is 0 Å². The van der Waals surface area contributed by atoms with Gasteiger partial charge in [0.1, 0.15) is 17.4 Å². The van der Waals surface area contributed by atoms with E-state index in [0.29, 0.717) is 29.9 Å². The summed E-state index contributed by atoms with van der Waals surface area (Å²) < 4.78 is 5.70. The Bertz CT molecular complexity index is 1160. The van der Waals surface area contributed by atoms with E-state index in [1.165, 1.54) is 11.1 Å². The average molecular weight is 475 g/mol. The van der Waals surface area contributed by atoms with E-state index >= 15 is 0 Å². The smallest absolute Gasteiger partial charge is 0.259 e. The molecule has 2 aromatic carbocycles. The summed E-state index contributed by atoms with van der Waals surface area (Å²) in [6, 6.07) is 10.5. The molecular weight excluding hydrogens is 448 g/mol. The molecule has 1 heterocycles. The minimum absolute atomic E-state index is 0.0193. The van der Waals surface area contributed by atoms with Gasteiger partial charge in [-0.25, -0.2) is 0 Å². The summed E-state index contributed by atoms with van der Waals surface area (Å²) in [4.78, 5) is 30.7. The van der Waals surface area contributed by atoms with Crippen LogP contribution in [0.25, 0.3) is 10.9 Å². The zero-order valence-corrected chi connectivity index (χ0v) is 19.0. The average Bonchev–Trinajstić information content (AvgIpc) is 2.82. The fraction of sp³-hybridized carbons (Fsp3) is 0.333. The second-order valence-electron chi connectivity index (χ2n) is 7.77. The predicted molar refractivity (Wildman–Crippen MR) is 126 cm³/mol. The van der Waals surface area contributed by atoms with E-state index in [-0.39, 0.29) is 23.3 Å². The van der Waals surface area contributed by atoms with Gasteiger partial charge in [0.2, 0.25) is 5.43 Å². The number of nitrogens with one attached hydrogen (secondary N) is 1. The van der Waals surface area contributed by atoms with Gasteiger partial charge in [0, 0.05) is 31.4 Å². The SMILES string of the molecule is CN(Cc1ccc(Cl)cc1)C(=O)c1c[nH]c2c(OC(CO)CO)cc(CCCO)cc2c1=O. The number of aliphatic hydroxyl groups is 3. The summed E-state index contributed by atoms with van der Waals surface area (Å²) in [5.74, 6) is -0.168. The van der Waals surface area contributed by atoms with Crippen LogP contribution in [-0.4, -0.2) is 64.1 Å². The quantitative estimate of drug-likeness (QED) is 0.357. The molecule has 33 heavy (non-hydrogen) atoms. The fourth-order valence-electron chi connectivity index (χ4n) is 3.49. The molecule has 0 bridgehead atoms. The predicted octanol–water partition coefficient (Wildman–Crippen LogP) is 2.11. The Morgan fingerprint density at radius 2 is 1.82 bits per heavy atom. The molecule has 3 rings (SSSR count). The Hall–Kier alpha value is -2.91. The minimum atomic E-state index is -0.864. The topological polar surface area (TPSA) is 123 Å². The van der Waals surface area contributed by atoms with Crippen molar-refractivity contribution in [3.05, 3.63) is 74.5 Å². The van der Waals surface area contributed by atoms with Crippen LogP contribution in [0.15, 0.2) is 47.4 Å². The molecule has 0 atom stereocenters. The summed E-state index contributed by atoms with van der Waals surface area (Å²) in [5.41, 5.74) is 1.47. The number of aromatic nitrogens is 1. The first-order valence-electron chi connectivity index (χ1n) is 10.5. The number of aryl methyl sites for hydroxylation is 1.